The standard InChI is InChI=1S/C22H24N2S/c1-16-21-14-19(25-15-17-8-4-2-5-9-17)12-13-20(21)22(24-23-16)18-10-6-3-7-11-18/h2,4-5,8-9,12-14,18H,3,6-7,10-11,15H2,1H3. The number of aromatic nitrogens is 2. The number of nitrogens with zero attached hydrogens (tertiary/aromatic N) is 2. The minimum atomic E-state index is 0.590. The van der Waals surface area contributed by atoms with Crippen LogP contribution < -0.4 is 0 Å². The second-order valence-corrected chi connectivity index (χ2v) is 8.04. The van der Waals surface area contributed by atoms with Crippen molar-refractivity contribution in [3.05, 3.63) is 65.5 Å². The molecule has 128 valence electrons. The first-order chi connectivity index (χ1) is 12.3. The Labute approximate surface area is 154 Å². The van der Waals surface area contributed by atoms with Gasteiger partial charge >= 0.3 is 0 Å². The molecule has 1 aliphatic carbocycles. The van der Waals surface area contributed by atoms with E-state index in [9.17, 15) is 0 Å². The number of thioether (sulfide) groups is 1. The van der Waals surface area contributed by atoms with Crippen molar-refractivity contribution in [2.45, 2.75) is 55.6 Å². The third-order valence-corrected chi connectivity index (χ3v) is 6.27. The predicted molar refractivity (Wildman–Crippen MR) is 106 cm³/mol. The molecule has 1 saturated carbocycles. The van der Waals surface area contributed by atoms with Crippen LogP contribution in [0.5, 0.6) is 0 Å². The fourth-order valence-electron chi connectivity index (χ4n) is 3.79. The Balaban J connectivity index is 1.62. The van der Waals surface area contributed by atoms with Crippen LogP contribution in [0.4, 0.5) is 0 Å². The maximum atomic E-state index is 4.60. The van der Waals surface area contributed by atoms with Crippen molar-refractivity contribution >= 4 is 22.5 Å². The summed E-state index contributed by atoms with van der Waals surface area (Å²) in [7, 11) is 0. The summed E-state index contributed by atoms with van der Waals surface area (Å²) in [6.07, 6.45) is 6.54. The number of hydrogen-bond acceptors (Lipinski definition) is 3. The SMILES string of the molecule is Cc1nnc(C2CCCCC2)c2ccc(SCc3ccccc3)cc12. The van der Waals surface area contributed by atoms with Crippen molar-refractivity contribution < 1.29 is 0 Å². The van der Waals surface area contributed by atoms with Gasteiger partial charge in [-0.05, 0) is 37.5 Å². The van der Waals surface area contributed by atoms with E-state index in [1.54, 1.807) is 0 Å². The van der Waals surface area contributed by atoms with Crippen LogP contribution in [0, 0.1) is 6.92 Å². The molecule has 0 aliphatic heterocycles. The van der Waals surface area contributed by atoms with Crippen LogP contribution in [0.3, 0.4) is 0 Å². The molecule has 0 saturated heterocycles. The lowest BCUT2D eigenvalue weighted by atomic mass is 9.85. The molecular formula is C22H24N2S. The maximum Gasteiger partial charge on any atom is 0.0740 e. The summed E-state index contributed by atoms with van der Waals surface area (Å²) in [6.45, 7) is 2.08. The second-order valence-electron chi connectivity index (χ2n) is 6.99. The Kier molecular flexibility index (Phi) is 5.02. The molecule has 0 unspecified atom stereocenters. The molecule has 1 heterocycles. The summed E-state index contributed by atoms with van der Waals surface area (Å²) in [5, 5.41) is 11.7. The van der Waals surface area contributed by atoms with Gasteiger partial charge in [-0.3, -0.25) is 0 Å². The Morgan fingerprint density at radius 1 is 0.920 bits per heavy atom. The lowest BCUT2D eigenvalue weighted by molar-refractivity contribution is 0.436. The van der Waals surface area contributed by atoms with Gasteiger partial charge in [-0.15, -0.1) is 11.8 Å². The van der Waals surface area contributed by atoms with Gasteiger partial charge in [-0.2, -0.15) is 10.2 Å². The van der Waals surface area contributed by atoms with Crippen LogP contribution in [0.2, 0.25) is 0 Å². The lowest BCUT2D eigenvalue weighted by Gasteiger charge is -2.22. The number of hydrogen-bond donors (Lipinski definition) is 0. The minimum absolute atomic E-state index is 0.590. The monoisotopic (exact) mass is 348 g/mol. The Hall–Kier alpha value is -1.87. The summed E-state index contributed by atoms with van der Waals surface area (Å²) >= 11 is 1.89. The van der Waals surface area contributed by atoms with Gasteiger partial charge in [0.15, 0.2) is 0 Å². The fraction of sp³-hybridized carbons (Fsp3) is 0.364. The number of rotatable bonds is 4. The highest BCUT2D eigenvalue weighted by Gasteiger charge is 2.20. The fourth-order valence-corrected chi connectivity index (χ4v) is 4.68. The molecule has 3 aromatic rings. The molecule has 0 amide bonds. The molecule has 1 fully saturated rings. The van der Waals surface area contributed by atoms with Crippen molar-refractivity contribution in [1.29, 1.82) is 0 Å². The number of fused-ring (bicyclic) bond motifs is 1. The van der Waals surface area contributed by atoms with Crippen LogP contribution in [0.1, 0.15) is 55.0 Å². The molecule has 3 heteroatoms. The first-order valence-corrected chi connectivity index (χ1v) is 10.2. The quantitative estimate of drug-likeness (QED) is 0.519. The van der Waals surface area contributed by atoms with Gasteiger partial charge in [0.1, 0.15) is 0 Å². The van der Waals surface area contributed by atoms with E-state index >= 15 is 0 Å². The van der Waals surface area contributed by atoms with Crippen LogP contribution in [0.25, 0.3) is 10.8 Å². The van der Waals surface area contributed by atoms with Gasteiger partial charge in [0.05, 0.1) is 11.4 Å². The summed E-state index contributed by atoms with van der Waals surface area (Å²) in [6, 6.07) is 17.5. The maximum absolute atomic E-state index is 4.60. The van der Waals surface area contributed by atoms with E-state index in [0.717, 1.165) is 11.4 Å². The molecule has 0 spiro atoms. The van der Waals surface area contributed by atoms with E-state index in [1.807, 2.05) is 11.8 Å². The summed E-state index contributed by atoms with van der Waals surface area (Å²) < 4.78 is 0. The molecule has 2 aromatic carbocycles. The third-order valence-electron chi connectivity index (χ3n) is 5.20. The molecule has 1 aromatic heterocycles. The summed E-state index contributed by atoms with van der Waals surface area (Å²) in [5.41, 5.74) is 3.62. The van der Waals surface area contributed by atoms with E-state index in [4.69, 9.17) is 0 Å². The molecule has 0 atom stereocenters. The first kappa shape index (κ1) is 16.6. The average molecular weight is 349 g/mol. The average Bonchev–Trinajstić information content (AvgIpc) is 2.68. The first-order valence-electron chi connectivity index (χ1n) is 9.25. The van der Waals surface area contributed by atoms with Crippen molar-refractivity contribution in [3.8, 4) is 0 Å². The highest BCUT2D eigenvalue weighted by Crippen LogP contribution is 2.36. The molecule has 0 radical (unpaired) electrons. The highest BCUT2D eigenvalue weighted by molar-refractivity contribution is 7.98. The van der Waals surface area contributed by atoms with E-state index < -0.39 is 0 Å². The van der Waals surface area contributed by atoms with E-state index in [-0.39, 0.29) is 0 Å². The Morgan fingerprint density at radius 3 is 2.52 bits per heavy atom. The molecule has 4 rings (SSSR count). The molecule has 0 bridgehead atoms. The molecule has 25 heavy (non-hydrogen) atoms. The van der Waals surface area contributed by atoms with Crippen molar-refractivity contribution in [1.82, 2.24) is 10.2 Å². The second kappa shape index (κ2) is 7.57. The van der Waals surface area contributed by atoms with Crippen LogP contribution in [-0.2, 0) is 5.75 Å². The van der Waals surface area contributed by atoms with Gasteiger partial charge in [-0.25, -0.2) is 0 Å². The highest BCUT2D eigenvalue weighted by atomic mass is 32.2. The van der Waals surface area contributed by atoms with Crippen molar-refractivity contribution in [2.75, 3.05) is 0 Å². The Morgan fingerprint density at radius 2 is 1.72 bits per heavy atom. The minimum Gasteiger partial charge on any atom is -0.155 e. The molecular weight excluding hydrogens is 324 g/mol. The molecule has 0 N–H and O–H groups in total. The van der Waals surface area contributed by atoms with Gasteiger partial charge in [0.25, 0.3) is 0 Å². The van der Waals surface area contributed by atoms with Gasteiger partial charge < -0.3 is 0 Å². The van der Waals surface area contributed by atoms with Gasteiger partial charge in [-0.1, -0.05) is 55.7 Å². The van der Waals surface area contributed by atoms with E-state index in [0.29, 0.717) is 5.92 Å². The smallest absolute Gasteiger partial charge is 0.0740 e. The van der Waals surface area contributed by atoms with Crippen LogP contribution in [0.15, 0.2) is 53.4 Å². The largest absolute Gasteiger partial charge is 0.155 e. The zero-order chi connectivity index (χ0) is 17.1. The van der Waals surface area contributed by atoms with Crippen LogP contribution in [-0.4, -0.2) is 10.2 Å². The topological polar surface area (TPSA) is 25.8 Å². The van der Waals surface area contributed by atoms with Gasteiger partial charge in [0.2, 0.25) is 0 Å². The predicted octanol–water partition coefficient (Wildman–Crippen LogP) is 6.28. The lowest BCUT2D eigenvalue weighted by Crippen LogP contribution is -2.09. The summed E-state index contributed by atoms with van der Waals surface area (Å²) in [5.74, 6) is 1.59. The summed E-state index contributed by atoms with van der Waals surface area (Å²) in [4.78, 5) is 1.31. The van der Waals surface area contributed by atoms with Gasteiger partial charge in [0, 0.05) is 27.3 Å². The van der Waals surface area contributed by atoms with Crippen LogP contribution >= 0.6 is 11.8 Å². The number of aryl methyl sites for hydroxylation is 1. The van der Waals surface area contributed by atoms with Crippen molar-refractivity contribution in [2.24, 2.45) is 0 Å². The number of benzene rings is 2. The normalized spacial score (nSPS) is 15.6. The molecule has 2 nitrogen and oxygen atoms in total. The van der Waals surface area contributed by atoms with E-state index in [2.05, 4.69) is 65.7 Å². The zero-order valence-corrected chi connectivity index (χ0v) is 15.6. The molecule has 1 aliphatic rings. The third kappa shape index (κ3) is 3.72. The van der Waals surface area contributed by atoms with E-state index in [1.165, 1.54) is 59.0 Å². The Bertz CT molecular complexity index is 855. The van der Waals surface area contributed by atoms with Crippen molar-refractivity contribution in [3.63, 3.8) is 0 Å². The zero-order valence-electron chi connectivity index (χ0n) is 14.7.